The van der Waals surface area contributed by atoms with Crippen LogP contribution in [-0.4, -0.2) is 66.5 Å². The fourth-order valence-corrected chi connectivity index (χ4v) is 5.04. The van der Waals surface area contributed by atoms with Gasteiger partial charge in [0.2, 0.25) is 5.91 Å². The van der Waals surface area contributed by atoms with E-state index in [1.165, 1.54) is 0 Å². The van der Waals surface area contributed by atoms with Gasteiger partial charge in [0.25, 0.3) is 5.91 Å². The predicted octanol–water partition coefficient (Wildman–Crippen LogP) is 1.78. The van der Waals surface area contributed by atoms with E-state index in [2.05, 4.69) is 56.2 Å². The van der Waals surface area contributed by atoms with Gasteiger partial charge >= 0.3 is 0 Å². The Hall–Kier alpha value is -3.68. The standard InChI is InChI=1S/C27H32N6O2/c34-24(31-21-7-5-13-28-16-17-29-14-10-21)11-15-30-26(35)25-32-22-8-1-2-9-23(22)33(25)19-27-12-4-3-6-20(27)18-27/h1-6,8-10,12-14,16,20-23,29H,7,11,15,17-19H2,(H,30,35)(H,31,34)/b13-5+,14-10+,28-16?. The Morgan fingerprint density at radius 3 is 2.94 bits per heavy atom. The van der Waals surface area contributed by atoms with Crippen LogP contribution in [0.3, 0.4) is 0 Å². The topological polar surface area (TPSA) is 98.2 Å². The number of fused-ring (bicyclic) bond motifs is 2. The molecule has 2 aliphatic heterocycles. The van der Waals surface area contributed by atoms with Crippen molar-refractivity contribution in [2.24, 2.45) is 21.3 Å². The summed E-state index contributed by atoms with van der Waals surface area (Å²) in [6.07, 6.45) is 28.1. The Bertz CT molecular complexity index is 1080. The van der Waals surface area contributed by atoms with Crippen LogP contribution in [0.15, 0.2) is 83.1 Å². The van der Waals surface area contributed by atoms with Crippen LogP contribution in [-0.2, 0) is 9.59 Å². The summed E-state index contributed by atoms with van der Waals surface area (Å²) in [4.78, 5) is 36.7. The molecule has 35 heavy (non-hydrogen) atoms. The number of hydrogen-bond donors (Lipinski definition) is 3. The van der Waals surface area contributed by atoms with Crippen LogP contribution in [0.2, 0.25) is 0 Å². The Kier molecular flexibility index (Phi) is 6.79. The number of amides is 2. The van der Waals surface area contributed by atoms with Crippen molar-refractivity contribution < 1.29 is 9.59 Å². The fourth-order valence-electron chi connectivity index (χ4n) is 5.04. The smallest absolute Gasteiger partial charge is 0.286 e. The number of nitrogens with zero attached hydrogens (tertiary/aromatic N) is 3. The molecule has 0 aromatic rings. The van der Waals surface area contributed by atoms with Gasteiger partial charge in [0, 0.05) is 43.9 Å². The Morgan fingerprint density at radius 1 is 1.14 bits per heavy atom. The lowest BCUT2D eigenvalue weighted by Crippen LogP contribution is -2.48. The van der Waals surface area contributed by atoms with Gasteiger partial charge in [0.1, 0.15) is 0 Å². The first-order chi connectivity index (χ1) is 17.1. The number of rotatable bonds is 7. The number of aliphatic imine (C=N–C) groups is 2. The number of nitrogens with one attached hydrogen (secondary N) is 3. The van der Waals surface area contributed by atoms with Crippen molar-refractivity contribution in [1.29, 1.82) is 0 Å². The van der Waals surface area contributed by atoms with E-state index in [1.807, 2.05) is 36.6 Å². The molecule has 0 aromatic carbocycles. The molecule has 8 heteroatoms. The van der Waals surface area contributed by atoms with Crippen LogP contribution < -0.4 is 16.0 Å². The van der Waals surface area contributed by atoms with Crippen molar-refractivity contribution >= 4 is 23.9 Å². The van der Waals surface area contributed by atoms with Crippen LogP contribution in [0.4, 0.5) is 0 Å². The summed E-state index contributed by atoms with van der Waals surface area (Å²) in [5, 5.41) is 9.02. The first kappa shape index (κ1) is 23.1. The van der Waals surface area contributed by atoms with E-state index in [4.69, 9.17) is 4.99 Å². The van der Waals surface area contributed by atoms with Gasteiger partial charge in [-0.25, -0.2) is 0 Å². The number of carbonyl (C=O) groups excluding carboxylic acids is 2. The third-order valence-electron chi connectivity index (χ3n) is 7.04. The molecule has 3 N–H and O–H groups in total. The van der Waals surface area contributed by atoms with Crippen LogP contribution in [0.1, 0.15) is 19.3 Å². The molecule has 1 fully saturated rings. The molecule has 0 spiro atoms. The van der Waals surface area contributed by atoms with E-state index in [-0.39, 0.29) is 48.3 Å². The maximum atomic E-state index is 13.1. The fraction of sp³-hybridized carbons (Fsp3) is 0.407. The van der Waals surface area contributed by atoms with Crippen LogP contribution in [0, 0.1) is 11.3 Å². The second-order valence-electron chi connectivity index (χ2n) is 9.52. The molecular weight excluding hydrogens is 440 g/mol. The van der Waals surface area contributed by atoms with Gasteiger partial charge in [-0.05, 0) is 31.0 Å². The van der Waals surface area contributed by atoms with E-state index in [1.54, 1.807) is 12.4 Å². The molecule has 2 heterocycles. The monoisotopic (exact) mass is 472 g/mol. The molecule has 3 aliphatic carbocycles. The second kappa shape index (κ2) is 10.3. The Balaban J connectivity index is 1.15. The zero-order chi connectivity index (χ0) is 24.1. The van der Waals surface area contributed by atoms with Crippen molar-refractivity contribution in [1.82, 2.24) is 20.9 Å². The van der Waals surface area contributed by atoms with Gasteiger partial charge in [-0.1, -0.05) is 54.7 Å². The molecule has 5 unspecified atom stereocenters. The van der Waals surface area contributed by atoms with E-state index in [0.29, 0.717) is 24.7 Å². The summed E-state index contributed by atoms with van der Waals surface area (Å²) in [6.45, 7) is 1.66. The molecule has 5 atom stereocenters. The molecule has 182 valence electrons. The zero-order valence-corrected chi connectivity index (χ0v) is 19.7. The molecular formula is C27H32N6O2. The molecule has 0 radical (unpaired) electrons. The average Bonchev–Trinajstić information content (AvgIpc) is 3.49. The molecule has 5 aliphatic rings. The summed E-state index contributed by atoms with van der Waals surface area (Å²) < 4.78 is 0. The van der Waals surface area contributed by atoms with Gasteiger partial charge in [-0.2, -0.15) is 0 Å². The number of hydrogen-bond acceptors (Lipinski definition) is 6. The van der Waals surface area contributed by atoms with Crippen molar-refractivity contribution in [2.75, 3.05) is 19.6 Å². The largest absolute Gasteiger partial charge is 0.386 e. The predicted molar refractivity (Wildman–Crippen MR) is 138 cm³/mol. The van der Waals surface area contributed by atoms with Gasteiger partial charge in [0.05, 0.1) is 18.1 Å². The lowest BCUT2D eigenvalue weighted by Gasteiger charge is -2.31. The van der Waals surface area contributed by atoms with E-state index >= 15 is 0 Å². The minimum atomic E-state index is -0.221. The summed E-state index contributed by atoms with van der Waals surface area (Å²) in [6, 6.07) is -0.120. The number of carbonyl (C=O) groups is 2. The lowest BCUT2D eigenvalue weighted by molar-refractivity contribution is -0.121. The summed E-state index contributed by atoms with van der Waals surface area (Å²) in [5.74, 6) is 0.668. The average molecular weight is 473 g/mol. The highest BCUT2D eigenvalue weighted by Gasteiger charge is 2.54. The molecule has 1 saturated carbocycles. The van der Waals surface area contributed by atoms with Crippen LogP contribution >= 0.6 is 0 Å². The Morgan fingerprint density at radius 2 is 2.03 bits per heavy atom. The second-order valence-corrected chi connectivity index (χ2v) is 9.52. The summed E-state index contributed by atoms with van der Waals surface area (Å²) >= 11 is 0. The van der Waals surface area contributed by atoms with Crippen molar-refractivity contribution in [3.8, 4) is 0 Å². The SMILES string of the molecule is O=C(CCNC(=O)C1=NC2C=CC=CC2N1CC12C=CC=CC1C2)NC1/C=C/NCC=N/C=C/C1. The van der Waals surface area contributed by atoms with Gasteiger partial charge in [-0.3, -0.25) is 19.6 Å². The quantitative estimate of drug-likeness (QED) is 0.526. The highest BCUT2D eigenvalue weighted by atomic mass is 16.2. The maximum absolute atomic E-state index is 13.1. The van der Waals surface area contributed by atoms with Crippen molar-refractivity contribution in [2.45, 2.75) is 37.4 Å². The van der Waals surface area contributed by atoms with Crippen LogP contribution in [0.5, 0.6) is 0 Å². The molecule has 5 rings (SSSR count). The molecule has 0 saturated heterocycles. The highest BCUT2D eigenvalue weighted by Crippen LogP contribution is 2.57. The number of amidine groups is 1. The molecule has 2 amide bonds. The van der Waals surface area contributed by atoms with Gasteiger partial charge < -0.3 is 20.9 Å². The molecule has 8 nitrogen and oxygen atoms in total. The minimum Gasteiger partial charge on any atom is -0.386 e. The zero-order valence-electron chi connectivity index (χ0n) is 19.7. The minimum absolute atomic E-state index is 0.0499. The lowest BCUT2D eigenvalue weighted by atomic mass is 9.96. The Labute approximate surface area is 206 Å². The number of allylic oxidation sites excluding steroid dienone is 5. The first-order valence-electron chi connectivity index (χ1n) is 12.3. The molecule has 0 bridgehead atoms. The van der Waals surface area contributed by atoms with Gasteiger partial charge in [-0.15, -0.1) is 0 Å². The maximum Gasteiger partial charge on any atom is 0.286 e. The molecule has 0 aromatic heterocycles. The van der Waals surface area contributed by atoms with Crippen LogP contribution in [0.25, 0.3) is 0 Å². The van der Waals surface area contributed by atoms with E-state index in [0.717, 1.165) is 13.0 Å². The first-order valence-corrected chi connectivity index (χ1v) is 12.3. The highest BCUT2D eigenvalue weighted by molar-refractivity contribution is 6.38. The third kappa shape index (κ3) is 5.37. The summed E-state index contributed by atoms with van der Waals surface area (Å²) in [7, 11) is 0. The van der Waals surface area contributed by atoms with Gasteiger partial charge in [0.15, 0.2) is 5.84 Å². The van der Waals surface area contributed by atoms with E-state index < -0.39 is 0 Å². The summed E-state index contributed by atoms with van der Waals surface area (Å²) in [5.41, 5.74) is 0.0944. The third-order valence-corrected chi connectivity index (χ3v) is 7.04. The van der Waals surface area contributed by atoms with Crippen molar-refractivity contribution in [3.63, 3.8) is 0 Å². The normalized spacial score (nSPS) is 33.7. The van der Waals surface area contributed by atoms with E-state index in [9.17, 15) is 9.59 Å². The van der Waals surface area contributed by atoms with Crippen molar-refractivity contribution in [3.05, 3.63) is 73.2 Å².